The molecule has 11 nitrogen and oxygen atoms in total. The van der Waals surface area contributed by atoms with Crippen molar-refractivity contribution in [3.63, 3.8) is 0 Å². The Morgan fingerprint density at radius 3 is 2.35 bits per heavy atom. The average molecular weight is 785 g/mol. The largest absolute Gasteiger partial charge is 0.481 e. The molecule has 11 heteroatoms. The average Bonchev–Trinajstić information content (AvgIpc) is 3.70. The number of aliphatic hydroxyl groups excluding tert-OH is 1. The molecule has 6 aliphatic rings. The SMILES string of the molecule is CC(C)C1=C2[C@H]3CC[C@@H]4[C@@]5(C)CC[C@H](OC(=O)[C@H]6C[C@@H](C(=O)O)C6(C)C)C(C)(C)[C@@H]5CC[C@@]4(C)[C@]3(C)CC[C@@]2([C@@H](O)CNC(=O)c2cnn3cccnc23)CC1=O. The molecule has 0 spiro atoms. The second-order valence-electron chi connectivity index (χ2n) is 21.3. The molecule has 6 aliphatic carbocycles. The summed E-state index contributed by atoms with van der Waals surface area (Å²) >= 11 is 0. The van der Waals surface area contributed by atoms with Gasteiger partial charge in [0.2, 0.25) is 0 Å². The summed E-state index contributed by atoms with van der Waals surface area (Å²) in [6.07, 6.45) is 11.7. The van der Waals surface area contributed by atoms with Crippen molar-refractivity contribution in [3.8, 4) is 0 Å². The Hall–Kier alpha value is -3.60. The summed E-state index contributed by atoms with van der Waals surface area (Å²) in [7, 11) is 0. The molecule has 5 saturated carbocycles. The number of carboxylic acid groups (broad SMARTS) is 1. The number of allylic oxidation sites excluding steroid dienone is 1. The maximum atomic E-state index is 14.1. The minimum absolute atomic E-state index is 0.00881. The topological polar surface area (TPSA) is 160 Å². The number of fused-ring (bicyclic) bond motifs is 8. The molecule has 8 rings (SSSR count). The number of hydrogen-bond acceptors (Lipinski definition) is 8. The number of nitrogens with zero attached hydrogens (tertiary/aromatic N) is 3. The molecule has 310 valence electrons. The van der Waals surface area contributed by atoms with Crippen LogP contribution in [0.3, 0.4) is 0 Å². The molecular weight excluding hydrogens is 721 g/mol. The number of hydrogen-bond donors (Lipinski definition) is 3. The Balaban J connectivity index is 1.04. The lowest BCUT2D eigenvalue weighted by atomic mass is 9.33. The van der Waals surface area contributed by atoms with Gasteiger partial charge in [0.25, 0.3) is 5.91 Å². The summed E-state index contributed by atoms with van der Waals surface area (Å²) in [6.45, 7) is 20.1. The van der Waals surface area contributed by atoms with Crippen LogP contribution in [0.2, 0.25) is 0 Å². The van der Waals surface area contributed by atoms with Crippen molar-refractivity contribution in [2.24, 2.45) is 68.0 Å². The monoisotopic (exact) mass is 784 g/mol. The van der Waals surface area contributed by atoms with E-state index in [2.05, 4.69) is 63.9 Å². The van der Waals surface area contributed by atoms with Gasteiger partial charge in [0.05, 0.1) is 24.1 Å². The van der Waals surface area contributed by atoms with Gasteiger partial charge in [-0.25, -0.2) is 9.50 Å². The van der Waals surface area contributed by atoms with Gasteiger partial charge in [-0.1, -0.05) is 67.9 Å². The molecule has 0 saturated heterocycles. The Morgan fingerprint density at radius 1 is 0.930 bits per heavy atom. The van der Waals surface area contributed by atoms with E-state index in [0.717, 1.165) is 50.5 Å². The molecule has 5 fully saturated rings. The van der Waals surface area contributed by atoms with E-state index < -0.39 is 34.7 Å². The van der Waals surface area contributed by atoms with Gasteiger partial charge in [-0.15, -0.1) is 0 Å². The first-order valence-corrected chi connectivity index (χ1v) is 21.6. The quantitative estimate of drug-likeness (QED) is 0.231. The number of esters is 1. The summed E-state index contributed by atoms with van der Waals surface area (Å²) in [4.78, 5) is 57.3. The van der Waals surface area contributed by atoms with Crippen molar-refractivity contribution in [2.75, 3.05) is 6.54 Å². The van der Waals surface area contributed by atoms with Crippen molar-refractivity contribution >= 4 is 29.3 Å². The molecule has 0 aliphatic heterocycles. The van der Waals surface area contributed by atoms with E-state index in [0.29, 0.717) is 35.9 Å². The molecular formula is C46H64N4O7. The standard InChI is InChI=1S/C46H64N4O7/c1-25(2)35-30(51)22-46(33(52)24-48-38(53)26-23-49-50-20-10-19-47-37(26)50)18-17-44(8)27(36(35)46)11-12-32-43(7)15-14-34(42(5,6)31(43)13-16-45(32,44)9)57-40(56)29-21-28(39(54)55)41(29,3)4/h10,19-20,23,25,27-29,31-34,52H,11-18,21-22,24H2,1-9H3,(H,48,53)(H,54,55)/t27-,28+,29-,31+,32-,33+,34+,43+,44-,45-,46+/m1/s1. The second-order valence-corrected chi connectivity index (χ2v) is 21.3. The lowest BCUT2D eigenvalue weighted by molar-refractivity contribution is -0.238. The fourth-order valence-electron chi connectivity index (χ4n) is 14.7. The fourth-order valence-corrected chi connectivity index (χ4v) is 14.7. The Labute approximate surface area is 337 Å². The highest BCUT2D eigenvalue weighted by Gasteiger charge is 2.71. The minimum atomic E-state index is -0.922. The normalized spacial score (nSPS) is 39.7. The van der Waals surface area contributed by atoms with Crippen LogP contribution < -0.4 is 5.32 Å². The maximum Gasteiger partial charge on any atom is 0.309 e. The molecule has 57 heavy (non-hydrogen) atoms. The predicted octanol–water partition coefficient (Wildman–Crippen LogP) is 7.46. The first kappa shape index (κ1) is 40.2. The summed E-state index contributed by atoms with van der Waals surface area (Å²) < 4.78 is 7.96. The van der Waals surface area contributed by atoms with Crippen LogP contribution in [0.5, 0.6) is 0 Å². The number of carbonyl (C=O) groups excluding carboxylic acids is 3. The Kier molecular flexibility index (Phi) is 9.31. The van der Waals surface area contributed by atoms with Gasteiger partial charge in [0, 0.05) is 36.2 Å². The molecule has 11 atom stereocenters. The van der Waals surface area contributed by atoms with Crippen molar-refractivity contribution < 1.29 is 34.1 Å². The van der Waals surface area contributed by atoms with E-state index in [1.807, 2.05) is 13.8 Å². The van der Waals surface area contributed by atoms with Crippen LogP contribution in [-0.4, -0.2) is 67.2 Å². The zero-order valence-electron chi connectivity index (χ0n) is 35.5. The molecule has 2 aromatic heterocycles. The van der Waals surface area contributed by atoms with E-state index in [9.17, 15) is 29.4 Å². The highest BCUT2D eigenvalue weighted by Crippen LogP contribution is 2.77. The number of carboxylic acids is 1. The molecule has 0 radical (unpaired) electrons. The number of Topliss-reactive ketones (excluding diaryl/α,β-unsaturated/α-hetero) is 1. The number of nitrogens with one attached hydrogen (secondary N) is 1. The van der Waals surface area contributed by atoms with Crippen molar-refractivity contribution in [1.82, 2.24) is 19.9 Å². The third kappa shape index (κ3) is 5.51. The summed E-state index contributed by atoms with van der Waals surface area (Å²) in [5, 5.41) is 29.2. The van der Waals surface area contributed by atoms with Gasteiger partial charge in [-0.2, -0.15) is 5.10 Å². The van der Waals surface area contributed by atoms with Gasteiger partial charge in [0.1, 0.15) is 11.7 Å². The number of amides is 1. The van der Waals surface area contributed by atoms with Crippen LogP contribution in [0.1, 0.15) is 137 Å². The highest BCUT2D eigenvalue weighted by molar-refractivity contribution is 6.01. The van der Waals surface area contributed by atoms with Crippen molar-refractivity contribution in [1.29, 1.82) is 0 Å². The Bertz CT molecular complexity index is 2050. The minimum Gasteiger partial charge on any atom is -0.481 e. The number of aliphatic hydroxyl groups is 1. The van der Waals surface area contributed by atoms with Crippen LogP contribution in [0.4, 0.5) is 0 Å². The highest BCUT2D eigenvalue weighted by atomic mass is 16.5. The molecule has 0 aromatic carbocycles. The lowest BCUT2D eigenvalue weighted by Gasteiger charge is -2.72. The van der Waals surface area contributed by atoms with Crippen molar-refractivity contribution in [2.45, 2.75) is 139 Å². The van der Waals surface area contributed by atoms with Gasteiger partial charge in [0.15, 0.2) is 11.4 Å². The van der Waals surface area contributed by atoms with E-state index in [-0.39, 0.29) is 70.2 Å². The van der Waals surface area contributed by atoms with E-state index in [4.69, 9.17) is 4.74 Å². The molecule has 2 heterocycles. The third-order valence-electron chi connectivity index (χ3n) is 18.2. The van der Waals surface area contributed by atoms with Gasteiger partial charge in [-0.3, -0.25) is 19.2 Å². The number of ketones is 1. The van der Waals surface area contributed by atoms with E-state index in [1.165, 1.54) is 11.8 Å². The number of aliphatic carboxylic acids is 1. The van der Waals surface area contributed by atoms with Gasteiger partial charge >= 0.3 is 11.9 Å². The summed E-state index contributed by atoms with van der Waals surface area (Å²) in [5.41, 5.74) is 1.21. The van der Waals surface area contributed by atoms with Crippen LogP contribution in [-0.2, 0) is 19.1 Å². The van der Waals surface area contributed by atoms with Crippen LogP contribution in [0.15, 0.2) is 35.8 Å². The molecule has 1 amide bonds. The fraction of sp³-hybridized carbons (Fsp3) is 0.739. The first-order valence-electron chi connectivity index (χ1n) is 21.6. The first-order chi connectivity index (χ1) is 26.6. The number of ether oxygens (including phenoxy) is 1. The predicted molar refractivity (Wildman–Crippen MR) is 214 cm³/mol. The lowest BCUT2D eigenvalue weighted by Crippen LogP contribution is -2.66. The number of carbonyl (C=O) groups is 4. The number of aromatic nitrogens is 3. The molecule has 0 bridgehead atoms. The van der Waals surface area contributed by atoms with Gasteiger partial charge in [-0.05, 0) is 115 Å². The summed E-state index contributed by atoms with van der Waals surface area (Å²) in [6, 6.07) is 1.75. The maximum absolute atomic E-state index is 14.1. The molecule has 2 aromatic rings. The number of rotatable bonds is 8. The molecule has 3 N–H and O–H groups in total. The summed E-state index contributed by atoms with van der Waals surface area (Å²) in [5.74, 6) is -1.24. The van der Waals surface area contributed by atoms with Crippen LogP contribution >= 0.6 is 0 Å². The van der Waals surface area contributed by atoms with Crippen LogP contribution in [0, 0.1) is 68.0 Å². The second kappa shape index (κ2) is 13.2. The van der Waals surface area contributed by atoms with E-state index >= 15 is 0 Å². The van der Waals surface area contributed by atoms with E-state index in [1.54, 1.807) is 23.0 Å². The zero-order chi connectivity index (χ0) is 41.2. The zero-order valence-corrected chi connectivity index (χ0v) is 35.5. The van der Waals surface area contributed by atoms with Crippen molar-refractivity contribution in [3.05, 3.63) is 41.4 Å². The molecule has 0 unspecified atom stereocenters. The third-order valence-corrected chi connectivity index (χ3v) is 18.2. The van der Waals surface area contributed by atoms with Gasteiger partial charge < -0.3 is 20.3 Å². The van der Waals surface area contributed by atoms with Crippen LogP contribution in [0.25, 0.3) is 5.65 Å². The Morgan fingerprint density at radius 2 is 1.67 bits per heavy atom. The smallest absolute Gasteiger partial charge is 0.309 e.